The number of carbonyl (C=O) groups excluding carboxylic acids is 1. The van der Waals surface area contributed by atoms with Crippen LogP contribution in [0.1, 0.15) is 23.2 Å². The second-order valence-electron chi connectivity index (χ2n) is 8.04. The average Bonchev–Trinajstić information content (AvgIpc) is 3.53. The van der Waals surface area contributed by atoms with Crippen LogP contribution in [0.4, 0.5) is 5.82 Å². The van der Waals surface area contributed by atoms with Gasteiger partial charge in [0.1, 0.15) is 5.52 Å². The molecular formula is C24H21N7OS. The van der Waals surface area contributed by atoms with Crippen LogP contribution < -0.4 is 10.2 Å². The zero-order valence-electron chi connectivity index (χ0n) is 17.8. The van der Waals surface area contributed by atoms with Crippen molar-refractivity contribution in [1.82, 2.24) is 30.3 Å². The minimum Gasteiger partial charge on any atom is -0.315 e. The van der Waals surface area contributed by atoms with Gasteiger partial charge in [0, 0.05) is 24.5 Å². The number of pyridine rings is 2. The quantitative estimate of drug-likeness (QED) is 0.443. The molecule has 5 aromatic rings. The van der Waals surface area contributed by atoms with E-state index in [9.17, 15) is 4.79 Å². The first-order valence-corrected chi connectivity index (χ1v) is 11.8. The molecule has 5 heterocycles. The summed E-state index contributed by atoms with van der Waals surface area (Å²) in [6.07, 6.45) is 5.47. The minimum absolute atomic E-state index is 0.0505. The van der Waals surface area contributed by atoms with Gasteiger partial charge in [-0.25, -0.2) is 9.97 Å². The smallest absolute Gasteiger partial charge is 0.259 e. The van der Waals surface area contributed by atoms with Crippen molar-refractivity contribution >= 4 is 44.3 Å². The molecule has 9 heteroatoms. The lowest BCUT2D eigenvalue weighted by Crippen LogP contribution is -2.49. The number of amides is 1. The van der Waals surface area contributed by atoms with E-state index >= 15 is 0 Å². The molecule has 8 nitrogen and oxygen atoms in total. The van der Waals surface area contributed by atoms with Crippen LogP contribution in [0.15, 0.2) is 66.3 Å². The van der Waals surface area contributed by atoms with Crippen LogP contribution in [0, 0.1) is 0 Å². The van der Waals surface area contributed by atoms with Crippen LogP contribution >= 0.6 is 11.3 Å². The first-order chi connectivity index (χ1) is 16.3. The number of piperidine rings is 1. The van der Waals surface area contributed by atoms with E-state index in [0.717, 1.165) is 53.0 Å². The van der Waals surface area contributed by atoms with Crippen molar-refractivity contribution in [2.45, 2.75) is 18.9 Å². The fraction of sp³-hybridized carbons (Fsp3) is 0.208. The van der Waals surface area contributed by atoms with Crippen LogP contribution in [0.2, 0.25) is 0 Å². The lowest BCUT2D eigenvalue weighted by atomic mass is 10.0. The van der Waals surface area contributed by atoms with Crippen molar-refractivity contribution in [3.8, 4) is 5.69 Å². The molecule has 6 rings (SSSR count). The normalized spacial score (nSPS) is 16.3. The maximum atomic E-state index is 13.8. The first kappa shape index (κ1) is 20.0. The molecule has 0 aliphatic carbocycles. The highest BCUT2D eigenvalue weighted by molar-refractivity contribution is 7.17. The molecule has 1 aliphatic rings. The summed E-state index contributed by atoms with van der Waals surface area (Å²) < 4.78 is 2.72. The number of hydrogen-bond donors (Lipinski definition) is 1. The molecule has 33 heavy (non-hydrogen) atoms. The molecule has 0 spiro atoms. The van der Waals surface area contributed by atoms with Crippen LogP contribution in [0.3, 0.4) is 0 Å². The van der Waals surface area contributed by atoms with Gasteiger partial charge in [0.2, 0.25) is 0 Å². The van der Waals surface area contributed by atoms with E-state index in [1.807, 2.05) is 52.7 Å². The molecule has 0 saturated carbocycles. The third kappa shape index (κ3) is 3.55. The van der Waals surface area contributed by atoms with Gasteiger partial charge in [-0.15, -0.1) is 16.4 Å². The Balaban J connectivity index is 1.38. The number of carbonyl (C=O) groups is 1. The molecule has 1 aliphatic heterocycles. The van der Waals surface area contributed by atoms with Gasteiger partial charge in [-0.1, -0.05) is 5.21 Å². The Labute approximate surface area is 193 Å². The topological polar surface area (TPSA) is 88.8 Å². The van der Waals surface area contributed by atoms with Gasteiger partial charge in [0.15, 0.2) is 11.5 Å². The van der Waals surface area contributed by atoms with Gasteiger partial charge >= 0.3 is 0 Å². The van der Waals surface area contributed by atoms with Gasteiger partial charge in [-0.05, 0) is 78.7 Å². The summed E-state index contributed by atoms with van der Waals surface area (Å²) in [5.41, 5.74) is 2.82. The van der Waals surface area contributed by atoms with E-state index in [-0.39, 0.29) is 11.9 Å². The number of nitrogens with one attached hydrogen (secondary N) is 1. The van der Waals surface area contributed by atoms with Crippen LogP contribution in [0.25, 0.3) is 26.9 Å². The van der Waals surface area contributed by atoms with Crippen molar-refractivity contribution < 1.29 is 4.79 Å². The van der Waals surface area contributed by atoms with Crippen molar-refractivity contribution in [1.29, 1.82) is 0 Å². The number of fused-ring (bicyclic) bond motifs is 2. The van der Waals surface area contributed by atoms with E-state index in [4.69, 9.17) is 0 Å². The largest absolute Gasteiger partial charge is 0.315 e. The average molecular weight is 456 g/mol. The van der Waals surface area contributed by atoms with E-state index in [0.29, 0.717) is 11.2 Å². The number of aromatic nitrogens is 5. The van der Waals surface area contributed by atoms with Crippen molar-refractivity contribution in [2.75, 3.05) is 18.0 Å². The highest BCUT2D eigenvalue weighted by atomic mass is 32.1. The molecule has 1 N–H and O–H groups in total. The molecule has 1 atom stereocenters. The molecule has 0 bridgehead atoms. The number of rotatable bonds is 4. The summed E-state index contributed by atoms with van der Waals surface area (Å²) >= 11 is 1.62. The Bertz CT molecular complexity index is 1440. The third-order valence-electron chi connectivity index (χ3n) is 6.00. The van der Waals surface area contributed by atoms with Gasteiger partial charge in [-0.3, -0.25) is 9.69 Å². The highest BCUT2D eigenvalue weighted by Crippen LogP contribution is 2.32. The molecular weight excluding hydrogens is 434 g/mol. The van der Waals surface area contributed by atoms with Gasteiger partial charge < -0.3 is 5.32 Å². The summed E-state index contributed by atoms with van der Waals surface area (Å²) in [4.78, 5) is 24.7. The summed E-state index contributed by atoms with van der Waals surface area (Å²) in [5, 5.41) is 15.0. The molecule has 164 valence electrons. The lowest BCUT2D eigenvalue weighted by molar-refractivity contribution is 0.0972. The number of benzene rings is 1. The molecule has 1 aromatic carbocycles. The molecule has 1 fully saturated rings. The van der Waals surface area contributed by atoms with Gasteiger partial charge in [0.25, 0.3) is 5.91 Å². The van der Waals surface area contributed by atoms with E-state index in [1.54, 1.807) is 28.4 Å². The van der Waals surface area contributed by atoms with Crippen LogP contribution in [-0.4, -0.2) is 50.0 Å². The van der Waals surface area contributed by atoms with E-state index < -0.39 is 0 Å². The second kappa shape index (κ2) is 8.34. The first-order valence-electron chi connectivity index (χ1n) is 10.9. The van der Waals surface area contributed by atoms with Crippen molar-refractivity contribution in [3.63, 3.8) is 0 Å². The molecule has 1 saturated heterocycles. The summed E-state index contributed by atoms with van der Waals surface area (Å²) in [5.74, 6) is 0.682. The Morgan fingerprint density at radius 3 is 2.85 bits per heavy atom. The summed E-state index contributed by atoms with van der Waals surface area (Å²) in [7, 11) is 0. The fourth-order valence-corrected chi connectivity index (χ4v) is 5.24. The van der Waals surface area contributed by atoms with E-state index in [1.165, 1.54) is 0 Å². The Kier molecular flexibility index (Phi) is 5.04. The number of anilines is 1. The maximum absolute atomic E-state index is 13.8. The summed E-state index contributed by atoms with van der Waals surface area (Å²) in [6, 6.07) is 15.3. The Morgan fingerprint density at radius 1 is 1.09 bits per heavy atom. The third-order valence-corrected chi connectivity index (χ3v) is 6.93. The number of hydrogen-bond acceptors (Lipinski definition) is 7. The van der Waals surface area contributed by atoms with Gasteiger partial charge in [-0.2, -0.15) is 4.68 Å². The standard InChI is InChI=1S/C24H21N7OS/c32-24(17-5-7-18(8-6-17)31-22-20(28-29-31)4-2-12-26-22)30(19-3-1-11-25-15-19)23-21-16(9-13-27-23)10-14-33-21/h2,4-10,12-14,19,25H,1,3,11,15H2/t19-/m1/s1. The SMILES string of the molecule is O=C(c1ccc(-n2nnc3cccnc32)cc1)N(c1nccc2ccsc12)[C@@H]1CCCNC1. The predicted molar refractivity (Wildman–Crippen MR) is 129 cm³/mol. The highest BCUT2D eigenvalue weighted by Gasteiger charge is 2.30. The van der Waals surface area contributed by atoms with Crippen LogP contribution in [-0.2, 0) is 0 Å². The zero-order valence-corrected chi connectivity index (χ0v) is 18.6. The van der Waals surface area contributed by atoms with Crippen LogP contribution in [0.5, 0.6) is 0 Å². The van der Waals surface area contributed by atoms with Crippen molar-refractivity contribution in [2.24, 2.45) is 0 Å². The zero-order chi connectivity index (χ0) is 22.2. The predicted octanol–water partition coefficient (Wildman–Crippen LogP) is 3.82. The second-order valence-corrected chi connectivity index (χ2v) is 8.96. The molecule has 4 aromatic heterocycles. The maximum Gasteiger partial charge on any atom is 0.259 e. The Morgan fingerprint density at radius 2 is 2.00 bits per heavy atom. The van der Waals surface area contributed by atoms with E-state index in [2.05, 4.69) is 31.7 Å². The minimum atomic E-state index is -0.0507. The monoisotopic (exact) mass is 455 g/mol. The Hall–Kier alpha value is -3.69. The molecule has 0 radical (unpaired) electrons. The lowest BCUT2D eigenvalue weighted by Gasteiger charge is -2.34. The number of nitrogens with zero attached hydrogens (tertiary/aromatic N) is 6. The molecule has 1 amide bonds. The molecule has 0 unspecified atom stereocenters. The fourth-order valence-electron chi connectivity index (χ4n) is 4.36. The number of thiophene rings is 1. The summed E-state index contributed by atoms with van der Waals surface area (Å²) in [6.45, 7) is 1.73. The van der Waals surface area contributed by atoms with Crippen molar-refractivity contribution in [3.05, 3.63) is 71.9 Å². The van der Waals surface area contributed by atoms with Gasteiger partial charge in [0.05, 0.1) is 16.4 Å².